The molecule has 0 fully saturated rings. The Balaban J connectivity index is 0. The van der Waals surface area contributed by atoms with E-state index in [4.69, 9.17) is 4.74 Å². The van der Waals surface area contributed by atoms with Crippen LogP contribution in [0.3, 0.4) is 0 Å². The highest BCUT2D eigenvalue weighted by molar-refractivity contribution is 5.69. The number of rotatable bonds is 15. The van der Waals surface area contributed by atoms with Crippen molar-refractivity contribution in [2.75, 3.05) is 13.7 Å². The quantitative estimate of drug-likeness (QED) is 0.258. The molecule has 0 saturated carbocycles. The van der Waals surface area contributed by atoms with Gasteiger partial charge in [0.25, 0.3) is 0 Å². The van der Waals surface area contributed by atoms with E-state index in [1.807, 2.05) is 6.92 Å². The van der Waals surface area contributed by atoms with E-state index in [1.165, 1.54) is 64.9 Å². The van der Waals surface area contributed by atoms with E-state index in [0.29, 0.717) is 19.4 Å². The lowest BCUT2D eigenvalue weighted by atomic mass is 10.1. The largest absolute Gasteiger partial charge is 0.469 e. The minimum Gasteiger partial charge on any atom is -0.469 e. The van der Waals surface area contributed by atoms with Gasteiger partial charge in [-0.2, -0.15) is 0 Å². The monoisotopic (exact) mass is 358 g/mol. The maximum absolute atomic E-state index is 10.9. The van der Waals surface area contributed by atoms with Crippen molar-refractivity contribution in [3.63, 3.8) is 0 Å². The van der Waals surface area contributed by atoms with Crippen molar-refractivity contribution in [2.24, 2.45) is 0 Å². The maximum Gasteiger partial charge on any atom is 0.305 e. The zero-order valence-corrected chi connectivity index (χ0v) is 17.2. The number of hydrogen-bond acceptors (Lipinski definition) is 4. The van der Waals surface area contributed by atoms with Gasteiger partial charge in [-0.1, -0.05) is 78.1 Å². The number of esters is 2. The Morgan fingerprint density at radius 1 is 0.600 bits per heavy atom. The summed E-state index contributed by atoms with van der Waals surface area (Å²) in [5.41, 5.74) is 0. The lowest BCUT2D eigenvalue weighted by Gasteiger charge is -2.00. The zero-order valence-electron chi connectivity index (χ0n) is 17.2. The van der Waals surface area contributed by atoms with Crippen LogP contribution < -0.4 is 0 Å². The molecule has 4 heteroatoms. The molecule has 0 bridgehead atoms. The van der Waals surface area contributed by atoms with Crippen LogP contribution in [0, 0.1) is 0 Å². The second-order valence-corrected chi connectivity index (χ2v) is 6.42. The van der Waals surface area contributed by atoms with Crippen molar-refractivity contribution in [1.82, 2.24) is 0 Å². The topological polar surface area (TPSA) is 52.6 Å². The van der Waals surface area contributed by atoms with Gasteiger partial charge in [-0.3, -0.25) is 9.59 Å². The predicted octanol–water partition coefficient (Wildman–Crippen LogP) is 6.21. The zero-order chi connectivity index (χ0) is 19.2. The Kier molecular flexibility index (Phi) is 24.0. The normalized spacial score (nSPS) is 9.92. The number of hydrogen-bond donors (Lipinski definition) is 0. The molecule has 0 heterocycles. The third-order valence-corrected chi connectivity index (χ3v) is 4.00. The molecule has 0 unspecified atom stereocenters. The molecule has 0 aromatic heterocycles. The molecule has 0 aliphatic carbocycles. The number of ether oxygens (including phenoxy) is 2. The van der Waals surface area contributed by atoms with Crippen LogP contribution in [0.15, 0.2) is 0 Å². The van der Waals surface area contributed by atoms with Crippen molar-refractivity contribution in [2.45, 2.75) is 111 Å². The molecule has 0 atom stereocenters. The molecule has 0 aliphatic heterocycles. The molecule has 0 aromatic carbocycles. The first-order valence-corrected chi connectivity index (χ1v) is 10.3. The van der Waals surface area contributed by atoms with Crippen LogP contribution in [-0.4, -0.2) is 25.7 Å². The molecule has 25 heavy (non-hydrogen) atoms. The van der Waals surface area contributed by atoms with Crippen molar-refractivity contribution >= 4 is 11.9 Å². The number of carbonyl (C=O) groups is 2. The Labute approximate surface area is 156 Å². The molecule has 4 nitrogen and oxygen atoms in total. The SMILES string of the molecule is CCCCCCCC(=O)OCC.CCCCCCCCCC(=O)OC. The van der Waals surface area contributed by atoms with Crippen molar-refractivity contribution in [3.8, 4) is 0 Å². The number of methoxy groups -OCH3 is 1. The number of carbonyl (C=O) groups excluding carboxylic acids is 2. The van der Waals surface area contributed by atoms with Gasteiger partial charge in [0, 0.05) is 12.8 Å². The maximum atomic E-state index is 10.9. The second kappa shape index (κ2) is 22.9. The molecule has 0 radical (unpaired) electrons. The van der Waals surface area contributed by atoms with E-state index in [1.54, 1.807) is 0 Å². The van der Waals surface area contributed by atoms with Gasteiger partial charge >= 0.3 is 11.9 Å². The average Bonchev–Trinajstić information content (AvgIpc) is 2.61. The van der Waals surface area contributed by atoms with Crippen molar-refractivity contribution in [3.05, 3.63) is 0 Å². The van der Waals surface area contributed by atoms with E-state index in [-0.39, 0.29) is 11.9 Å². The van der Waals surface area contributed by atoms with Crippen LogP contribution in [0.25, 0.3) is 0 Å². The summed E-state index contributed by atoms with van der Waals surface area (Å²) < 4.78 is 9.37. The van der Waals surface area contributed by atoms with Crippen LogP contribution in [0.2, 0.25) is 0 Å². The molecule has 0 spiro atoms. The molecule has 0 N–H and O–H groups in total. The van der Waals surface area contributed by atoms with Gasteiger partial charge in [0.1, 0.15) is 0 Å². The Hall–Kier alpha value is -1.06. The third-order valence-electron chi connectivity index (χ3n) is 4.00. The van der Waals surface area contributed by atoms with Gasteiger partial charge in [0.2, 0.25) is 0 Å². The highest BCUT2D eigenvalue weighted by Crippen LogP contribution is 2.08. The minimum absolute atomic E-state index is 0.0472. The standard InChI is InChI=1S/C11H22O2.C10H20O2/c1-3-4-5-6-7-8-9-10-11(12)13-2;1-3-5-6-7-8-9-10(11)12-4-2/h3-10H2,1-2H3;3-9H2,1-2H3. The van der Waals surface area contributed by atoms with E-state index in [2.05, 4.69) is 18.6 Å². The van der Waals surface area contributed by atoms with E-state index in [9.17, 15) is 9.59 Å². The fraction of sp³-hybridized carbons (Fsp3) is 0.905. The van der Waals surface area contributed by atoms with Crippen LogP contribution >= 0.6 is 0 Å². The third kappa shape index (κ3) is 25.3. The molecule has 0 amide bonds. The highest BCUT2D eigenvalue weighted by Gasteiger charge is 2.00. The molecule has 0 rings (SSSR count). The Morgan fingerprint density at radius 2 is 1.00 bits per heavy atom. The molecule has 0 aromatic rings. The summed E-state index contributed by atoms with van der Waals surface area (Å²) in [6, 6.07) is 0. The summed E-state index contributed by atoms with van der Waals surface area (Å²) in [6.45, 7) is 6.76. The van der Waals surface area contributed by atoms with Crippen molar-refractivity contribution < 1.29 is 19.1 Å². The summed E-state index contributed by atoms with van der Waals surface area (Å²) >= 11 is 0. The average molecular weight is 359 g/mol. The minimum atomic E-state index is -0.0754. The highest BCUT2D eigenvalue weighted by atomic mass is 16.5. The molecular formula is C21H42O4. The van der Waals surface area contributed by atoms with Crippen LogP contribution in [0.1, 0.15) is 111 Å². The predicted molar refractivity (Wildman–Crippen MR) is 105 cm³/mol. The number of unbranched alkanes of at least 4 members (excludes halogenated alkanes) is 10. The van der Waals surface area contributed by atoms with Crippen LogP contribution in [0.4, 0.5) is 0 Å². The van der Waals surface area contributed by atoms with Gasteiger partial charge in [-0.25, -0.2) is 0 Å². The summed E-state index contributed by atoms with van der Waals surface area (Å²) in [6.07, 6.45) is 15.8. The molecular weight excluding hydrogens is 316 g/mol. The van der Waals surface area contributed by atoms with Crippen molar-refractivity contribution in [1.29, 1.82) is 0 Å². The smallest absolute Gasteiger partial charge is 0.305 e. The van der Waals surface area contributed by atoms with Crippen LogP contribution in [0.5, 0.6) is 0 Å². The van der Waals surface area contributed by atoms with E-state index < -0.39 is 0 Å². The first kappa shape index (κ1) is 26.2. The van der Waals surface area contributed by atoms with Gasteiger partial charge < -0.3 is 9.47 Å². The first-order valence-electron chi connectivity index (χ1n) is 10.3. The lowest BCUT2D eigenvalue weighted by molar-refractivity contribution is -0.143. The fourth-order valence-corrected chi connectivity index (χ4v) is 2.43. The Morgan fingerprint density at radius 3 is 1.40 bits per heavy atom. The van der Waals surface area contributed by atoms with Gasteiger partial charge in [-0.05, 0) is 19.8 Å². The van der Waals surface area contributed by atoms with Gasteiger partial charge in [-0.15, -0.1) is 0 Å². The summed E-state index contributed by atoms with van der Waals surface area (Å²) in [5, 5.41) is 0. The van der Waals surface area contributed by atoms with E-state index >= 15 is 0 Å². The molecule has 150 valence electrons. The fourth-order valence-electron chi connectivity index (χ4n) is 2.43. The van der Waals surface area contributed by atoms with Gasteiger partial charge in [0.05, 0.1) is 13.7 Å². The summed E-state index contributed by atoms with van der Waals surface area (Å²) in [4.78, 5) is 21.6. The molecule has 0 aliphatic rings. The summed E-state index contributed by atoms with van der Waals surface area (Å²) in [5.74, 6) is -0.123. The lowest BCUT2D eigenvalue weighted by Crippen LogP contribution is -2.02. The molecule has 0 saturated heterocycles. The Bertz CT molecular complexity index is 290. The van der Waals surface area contributed by atoms with Gasteiger partial charge in [0.15, 0.2) is 0 Å². The summed E-state index contributed by atoms with van der Waals surface area (Å²) in [7, 11) is 1.45. The van der Waals surface area contributed by atoms with E-state index in [0.717, 1.165) is 19.3 Å². The second-order valence-electron chi connectivity index (χ2n) is 6.42. The first-order chi connectivity index (χ1) is 12.1. The van der Waals surface area contributed by atoms with Crippen LogP contribution in [-0.2, 0) is 19.1 Å².